The van der Waals surface area contributed by atoms with Gasteiger partial charge in [0, 0.05) is 11.6 Å². The number of H-pyrrole nitrogens is 1. The van der Waals surface area contributed by atoms with Crippen molar-refractivity contribution in [2.45, 2.75) is 19.9 Å². The maximum atomic E-state index is 13.7. The summed E-state index contributed by atoms with van der Waals surface area (Å²) in [6.45, 7) is 3.99. The molecule has 0 saturated heterocycles. The van der Waals surface area contributed by atoms with Crippen LogP contribution in [-0.4, -0.2) is 21.9 Å². The van der Waals surface area contributed by atoms with E-state index < -0.39 is 5.82 Å². The number of hydrogen-bond acceptors (Lipinski definition) is 3. The highest BCUT2D eigenvalue weighted by Crippen LogP contribution is 2.25. The highest BCUT2D eigenvalue weighted by molar-refractivity contribution is 7.71. The SMILES string of the molecule is COc1ccc(-c2n[nH]c(=S)n2C(C)C)cc1F. The summed E-state index contributed by atoms with van der Waals surface area (Å²) in [5.74, 6) is 0.416. The highest BCUT2D eigenvalue weighted by atomic mass is 32.1. The fourth-order valence-electron chi connectivity index (χ4n) is 1.79. The molecule has 1 heterocycles. The fraction of sp³-hybridized carbons (Fsp3) is 0.333. The number of methoxy groups -OCH3 is 1. The summed E-state index contributed by atoms with van der Waals surface area (Å²) >= 11 is 5.16. The zero-order chi connectivity index (χ0) is 13.3. The first kappa shape index (κ1) is 12.8. The molecule has 1 N–H and O–H groups in total. The third kappa shape index (κ3) is 2.15. The number of aromatic nitrogens is 3. The summed E-state index contributed by atoms with van der Waals surface area (Å²) in [6, 6.07) is 4.87. The lowest BCUT2D eigenvalue weighted by atomic mass is 10.2. The lowest BCUT2D eigenvalue weighted by molar-refractivity contribution is 0.386. The molecule has 6 heteroatoms. The van der Waals surface area contributed by atoms with Crippen molar-refractivity contribution >= 4 is 12.2 Å². The molecule has 96 valence electrons. The van der Waals surface area contributed by atoms with Crippen LogP contribution in [0.1, 0.15) is 19.9 Å². The lowest BCUT2D eigenvalue weighted by Gasteiger charge is -2.11. The first-order valence-electron chi connectivity index (χ1n) is 5.55. The van der Waals surface area contributed by atoms with E-state index in [0.29, 0.717) is 16.2 Å². The Balaban J connectivity index is 2.56. The van der Waals surface area contributed by atoms with Crippen LogP contribution in [0.2, 0.25) is 0 Å². The van der Waals surface area contributed by atoms with Gasteiger partial charge in [0.1, 0.15) is 0 Å². The predicted octanol–water partition coefficient (Wildman–Crippen LogP) is 3.34. The minimum Gasteiger partial charge on any atom is -0.494 e. The van der Waals surface area contributed by atoms with Gasteiger partial charge in [0.25, 0.3) is 0 Å². The third-order valence-corrected chi connectivity index (χ3v) is 2.92. The van der Waals surface area contributed by atoms with Gasteiger partial charge >= 0.3 is 0 Å². The second-order valence-electron chi connectivity index (χ2n) is 4.17. The van der Waals surface area contributed by atoms with Crippen molar-refractivity contribution < 1.29 is 9.13 Å². The summed E-state index contributed by atoms with van der Waals surface area (Å²) in [7, 11) is 1.43. The maximum absolute atomic E-state index is 13.7. The largest absolute Gasteiger partial charge is 0.494 e. The molecular weight excluding hydrogens is 253 g/mol. The average Bonchev–Trinajstić information content (AvgIpc) is 2.71. The monoisotopic (exact) mass is 267 g/mol. The van der Waals surface area contributed by atoms with Gasteiger partial charge in [-0.2, -0.15) is 5.10 Å². The van der Waals surface area contributed by atoms with E-state index in [0.717, 1.165) is 0 Å². The molecule has 0 unspecified atom stereocenters. The van der Waals surface area contributed by atoms with Gasteiger partial charge in [-0.15, -0.1) is 0 Å². The van der Waals surface area contributed by atoms with Crippen LogP contribution in [0.15, 0.2) is 18.2 Å². The number of aromatic amines is 1. The summed E-state index contributed by atoms with van der Waals surface area (Å²) in [5.41, 5.74) is 0.661. The fourth-order valence-corrected chi connectivity index (χ4v) is 2.14. The van der Waals surface area contributed by atoms with E-state index in [4.69, 9.17) is 17.0 Å². The number of ether oxygens (including phenoxy) is 1. The van der Waals surface area contributed by atoms with Gasteiger partial charge in [-0.25, -0.2) is 4.39 Å². The second-order valence-corrected chi connectivity index (χ2v) is 4.55. The van der Waals surface area contributed by atoms with Crippen LogP contribution < -0.4 is 4.74 Å². The molecule has 0 atom stereocenters. The summed E-state index contributed by atoms with van der Waals surface area (Å²) in [6.07, 6.45) is 0. The molecule has 0 spiro atoms. The first-order chi connectivity index (χ1) is 8.54. The van der Waals surface area contributed by atoms with E-state index >= 15 is 0 Å². The third-order valence-electron chi connectivity index (χ3n) is 2.63. The summed E-state index contributed by atoms with van der Waals surface area (Å²) < 4.78 is 20.9. The highest BCUT2D eigenvalue weighted by Gasteiger charge is 2.13. The Morgan fingerprint density at radius 1 is 1.44 bits per heavy atom. The van der Waals surface area contributed by atoms with E-state index in [9.17, 15) is 4.39 Å². The van der Waals surface area contributed by atoms with E-state index in [2.05, 4.69) is 10.2 Å². The normalized spacial score (nSPS) is 10.9. The quantitative estimate of drug-likeness (QED) is 0.867. The number of benzene rings is 1. The molecule has 0 aliphatic heterocycles. The van der Waals surface area contributed by atoms with Gasteiger partial charge in [0.2, 0.25) is 0 Å². The molecule has 0 aliphatic rings. The van der Waals surface area contributed by atoms with Crippen molar-refractivity contribution in [2.75, 3.05) is 7.11 Å². The predicted molar refractivity (Wildman–Crippen MR) is 69.7 cm³/mol. The minimum atomic E-state index is -0.417. The number of hydrogen-bond donors (Lipinski definition) is 1. The molecule has 0 aliphatic carbocycles. The number of nitrogens with zero attached hydrogens (tertiary/aromatic N) is 2. The average molecular weight is 267 g/mol. The second kappa shape index (κ2) is 4.89. The molecule has 0 amide bonds. The van der Waals surface area contributed by atoms with Crippen molar-refractivity contribution in [1.82, 2.24) is 14.8 Å². The first-order valence-corrected chi connectivity index (χ1v) is 5.96. The van der Waals surface area contributed by atoms with Crippen molar-refractivity contribution in [3.63, 3.8) is 0 Å². The van der Waals surface area contributed by atoms with Gasteiger partial charge in [-0.05, 0) is 44.3 Å². The Hall–Kier alpha value is -1.69. The van der Waals surface area contributed by atoms with Crippen LogP contribution in [-0.2, 0) is 0 Å². The molecule has 1 aromatic heterocycles. The van der Waals surface area contributed by atoms with Crippen LogP contribution in [0.25, 0.3) is 11.4 Å². The molecular formula is C12H14FN3OS. The molecule has 2 aromatic rings. The number of halogens is 1. The zero-order valence-electron chi connectivity index (χ0n) is 10.4. The van der Waals surface area contributed by atoms with E-state index in [1.54, 1.807) is 12.1 Å². The molecule has 4 nitrogen and oxygen atoms in total. The standard InChI is InChI=1S/C12H14FN3OS/c1-7(2)16-11(14-15-12(16)18)8-4-5-10(17-3)9(13)6-8/h4-7H,1-3H3,(H,15,18). The topological polar surface area (TPSA) is 42.8 Å². The van der Waals surface area contributed by atoms with E-state index in [1.807, 2.05) is 18.4 Å². The van der Waals surface area contributed by atoms with Gasteiger partial charge in [0.05, 0.1) is 7.11 Å². The molecule has 18 heavy (non-hydrogen) atoms. The van der Waals surface area contributed by atoms with Crippen molar-refractivity contribution in [3.05, 3.63) is 28.8 Å². The van der Waals surface area contributed by atoms with Gasteiger partial charge in [-0.3, -0.25) is 9.67 Å². The Morgan fingerprint density at radius 3 is 2.72 bits per heavy atom. The van der Waals surface area contributed by atoms with Gasteiger partial charge in [0.15, 0.2) is 22.2 Å². The van der Waals surface area contributed by atoms with Crippen LogP contribution in [0.5, 0.6) is 5.75 Å². The molecule has 0 saturated carbocycles. The molecule has 0 bridgehead atoms. The number of rotatable bonds is 3. The van der Waals surface area contributed by atoms with Crippen molar-refractivity contribution in [3.8, 4) is 17.1 Å². The van der Waals surface area contributed by atoms with Crippen LogP contribution >= 0.6 is 12.2 Å². The van der Waals surface area contributed by atoms with E-state index in [1.165, 1.54) is 13.2 Å². The Morgan fingerprint density at radius 2 is 2.17 bits per heavy atom. The zero-order valence-corrected chi connectivity index (χ0v) is 11.2. The lowest BCUT2D eigenvalue weighted by Crippen LogP contribution is -2.03. The molecule has 2 rings (SSSR count). The van der Waals surface area contributed by atoms with Gasteiger partial charge in [-0.1, -0.05) is 0 Å². The Bertz CT molecular complexity index is 618. The number of nitrogens with one attached hydrogen (secondary N) is 1. The van der Waals surface area contributed by atoms with E-state index in [-0.39, 0.29) is 11.8 Å². The van der Waals surface area contributed by atoms with Gasteiger partial charge < -0.3 is 4.74 Å². The maximum Gasteiger partial charge on any atom is 0.195 e. The van der Waals surface area contributed by atoms with Crippen molar-refractivity contribution in [1.29, 1.82) is 0 Å². The van der Waals surface area contributed by atoms with Crippen LogP contribution in [0.4, 0.5) is 4.39 Å². The molecule has 0 radical (unpaired) electrons. The Kier molecular flexibility index (Phi) is 3.47. The van der Waals surface area contributed by atoms with Crippen LogP contribution in [0.3, 0.4) is 0 Å². The van der Waals surface area contributed by atoms with Crippen molar-refractivity contribution in [2.24, 2.45) is 0 Å². The molecule has 1 aromatic carbocycles. The molecule has 0 fully saturated rings. The smallest absolute Gasteiger partial charge is 0.195 e. The summed E-state index contributed by atoms with van der Waals surface area (Å²) in [5, 5.41) is 6.87. The summed E-state index contributed by atoms with van der Waals surface area (Å²) in [4.78, 5) is 0. The minimum absolute atomic E-state index is 0.149. The Labute approximate surface area is 109 Å². The van der Waals surface area contributed by atoms with Crippen LogP contribution in [0, 0.1) is 10.6 Å².